The van der Waals surface area contributed by atoms with Crippen LogP contribution in [0.25, 0.3) is 0 Å². The molecule has 4 rings (SSSR count). The number of piperazine rings is 1. The van der Waals surface area contributed by atoms with Gasteiger partial charge in [-0.3, -0.25) is 9.69 Å². The number of hydrogen-bond acceptors (Lipinski definition) is 5. The number of benzene rings is 2. The highest BCUT2D eigenvalue weighted by atomic mass is 19.4. The number of carbonyl (C=O) groups is 1. The quantitative estimate of drug-likeness (QED) is 0.542. The van der Waals surface area contributed by atoms with Crippen molar-refractivity contribution in [2.75, 3.05) is 26.2 Å². The Morgan fingerprint density at radius 3 is 2.48 bits per heavy atom. The van der Waals surface area contributed by atoms with Crippen LogP contribution in [0.2, 0.25) is 0 Å². The van der Waals surface area contributed by atoms with Crippen LogP contribution >= 0.6 is 0 Å². The minimum absolute atomic E-state index is 0.163. The Kier molecular flexibility index (Phi) is 6.69. The second-order valence-corrected chi connectivity index (χ2v) is 7.93. The molecular formula is C24H24F3N3O3. The average molecular weight is 459 g/mol. The predicted molar refractivity (Wildman–Crippen MR) is 115 cm³/mol. The Balaban J connectivity index is 1.35. The molecule has 2 heterocycles. The van der Waals surface area contributed by atoms with Crippen LogP contribution in [0.5, 0.6) is 5.75 Å². The fourth-order valence-corrected chi connectivity index (χ4v) is 3.76. The van der Waals surface area contributed by atoms with Crippen LogP contribution in [0.4, 0.5) is 13.2 Å². The van der Waals surface area contributed by atoms with Gasteiger partial charge in [0, 0.05) is 32.7 Å². The monoisotopic (exact) mass is 459 g/mol. The summed E-state index contributed by atoms with van der Waals surface area (Å²) in [7, 11) is 0. The third-order valence-corrected chi connectivity index (χ3v) is 5.63. The van der Waals surface area contributed by atoms with Gasteiger partial charge in [0.15, 0.2) is 5.69 Å². The maximum atomic E-state index is 13.1. The lowest BCUT2D eigenvalue weighted by Crippen LogP contribution is -2.48. The third kappa shape index (κ3) is 5.54. The number of nitrogens with zero attached hydrogens (tertiary/aromatic N) is 3. The van der Waals surface area contributed by atoms with Gasteiger partial charge >= 0.3 is 6.18 Å². The molecular weight excluding hydrogens is 435 g/mol. The lowest BCUT2D eigenvalue weighted by molar-refractivity contribution is -0.137. The minimum Gasteiger partial charge on any atom is -0.489 e. The molecule has 0 spiro atoms. The van der Waals surface area contributed by atoms with Crippen molar-refractivity contribution in [2.45, 2.75) is 26.3 Å². The van der Waals surface area contributed by atoms with E-state index in [4.69, 9.17) is 9.26 Å². The highest BCUT2D eigenvalue weighted by molar-refractivity contribution is 5.93. The fourth-order valence-electron chi connectivity index (χ4n) is 3.76. The number of para-hydroxylation sites is 1. The van der Waals surface area contributed by atoms with Gasteiger partial charge < -0.3 is 14.2 Å². The van der Waals surface area contributed by atoms with E-state index in [1.54, 1.807) is 17.9 Å². The van der Waals surface area contributed by atoms with E-state index >= 15 is 0 Å². The first kappa shape index (κ1) is 22.8. The van der Waals surface area contributed by atoms with E-state index in [-0.39, 0.29) is 18.2 Å². The second kappa shape index (κ2) is 9.66. The van der Waals surface area contributed by atoms with Crippen molar-refractivity contribution in [3.05, 3.63) is 82.7 Å². The molecule has 0 atom stereocenters. The van der Waals surface area contributed by atoms with Crippen molar-refractivity contribution in [2.24, 2.45) is 0 Å². The number of aromatic nitrogens is 1. The number of rotatable bonds is 6. The molecule has 33 heavy (non-hydrogen) atoms. The Bertz CT molecular complexity index is 1090. The molecule has 6 nitrogen and oxygen atoms in total. The summed E-state index contributed by atoms with van der Waals surface area (Å²) in [6.45, 7) is 4.29. The van der Waals surface area contributed by atoms with Crippen LogP contribution in [0.3, 0.4) is 0 Å². The van der Waals surface area contributed by atoms with Crippen LogP contribution in [-0.4, -0.2) is 47.0 Å². The maximum absolute atomic E-state index is 13.1. The summed E-state index contributed by atoms with van der Waals surface area (Å²) in [5.74, 6) is 0.967. The molecule has 1 saturated heterocycles. The highest BCUT2D eigenvalue weighted by Gasteiger charge is 2.31. The normalized spacial score (nSPS) is 15.0. The van der Waals surface area contributed by atoms with E-state index in [0.29, 0.717) is 55.4 Å². The van der Waals surface area contributed by atoms with Crippen LogP contribution in [0, 0.1) is 6.92 Å². The maximum Gasteiger partial charge on any atom is 0.416 e. The molecule has 3 aromatic rings. The Labute approximate surface area is 189 Å². The predicted octanol–water partition coefficient (Wildman–Crippen LogP) is 4.54. The summed E-state index contributed by atoms with van der Waals surface area (Å²) < 4.78 is 49.9. The molecule has 1 aliphatic rings. The first-order valence-electron chi connectivity index (χ1n) is 10.6. The molecule has 1 aliphatic heterocycles. The Hall–Kier alpha value is -3.33. The molecule has 0 N–H and O–H groups in total. The van der Waals surface area contributed by atoms with Gasteiger partial charge in [0.25, 0.3) is 5.91 Å². The number of ether oxygens (including phenoxy) is 1. The number of carbonyl (C=O) groups excluding carboxylic acids is 1. The van der Waals surface area contributed by atoms with E-state index in [2.05, 4.69) is 5.16 Å². The molecule has 0 radical (unpaired) electrons. The lowest BCUT2D eigenvalue weighted by Gasteiger charge is -2.34. The summed E-state index contributed by atoms with van der Waals surface area (Å²) in [6, 6.07) is 14.6. The van der Waals surface area contributed by atoms with Gasteiger partial charge in [-0.2, -0.15) is 13.2 Å². The van der Waals surface area contributed by atoms with Gasteiger partial charge in [-0.1, -0.05) is 41.6 Å². The van der Waals surface area contributed by atoms with Crippen LogP contribution < -0.4 is 4.74 Å². The first-order chi connectivity index (χ1) is 15.8. The van der Waals surface area contributed by atoms with Gasteiger partial charge in [0.05, 0.1) is 11.1 Å². The van der Waals surface area contributed by atoms with Gasteiger partial charge in [-0.15, -0.1) is 0 Å². The topological polar surface area (TPSA) is 58.8 Å². The van der Waals surface area contributed by atoms with Gasteiger partial charge in [0.1, 0.15) is 18.1 Å². The van der Waals surface area contributed by atoms with Crippen LogP contribution in [0.1, 0.15) is 32.9 Å². The summed E-state index contributed by atoms with van der Waals surface area (Å²) in [5, 5.41) is 3.96. The fraction of sp³-hybridized carbons (Fsp3) is 0.333. The zero-order chi connectivity index (χ0) is 23.4. The van der Waals surface area contributed by atoms with E-state index in [1.165, 1.54) is 12.1 Å². The highest BCUT2D eigenvalue weighted by Crippen LogP contribution is 2.30. The van der Waals surface area contributed by atoms with E-state index in [1.807, 2.05) is 35.2 Å². The van der Waals surface area contributed by atoms with Crippen LogP contribution in [-0.2, 0) is 19.3 Å². The molecule has 1 amide bonds. The van der Waals surface area contributed by atoms with Crippen molar-refractivity contribution in [3.8, 4) is 5.75 Å². The van der Waals surface area contributed by atoms with E-state index in [0.717, 1.165) is 6.07 Å². The molecule has 2 aromatic carbocycles. The minimum atomic E-state index is -4.36. The number of alkyl halides is 3. The molecule has 1 aromatic heterocycles. The molecule has 1 fully saturated rings. The van der Waals surface area contributed by atoms with Crippen molar-refractivity contribution in [3.63, 3.8) is 0 Å². The number of hydrogen-bond donors (Lipinski definition) is 0. The number of aryl methyl sites for hydroxylation is 1. The van der Waals surface area contributed by atoms with Crippen LogP contribution in [0.15, 0.2) is 59.1 Å². The summed E-state index contributed by atoms with van der Waals surface area (Å²) >= 11 is 0. The SMILES string of the molecule is Cc1onc(C(=O)N2CCN(Cc3cccc(C(F)(F)F)c3)CC2)c1COc1ccccc1. The summed E-state index contributed by atoms with van der Waals surface area (Å²) in [4.78, 5) is 16.8. The largest absolute Gasteiger partial charge is 0.489 e. The van der Waals surface area contributed by atoms with Gasteiger partial charge in [0.2, 0.25) is 0 Å². The van der Waals surface area contributed by atoms with Gasteiger partial charge in [-0.05, 0) is 30.7 Å². The Morgan fingerprint density at radius 2 is 1.79 bits per heavy atom. The smallest absolute Gasteiger partial charge is 0.416 e. The standard InChI is InChI=1S/C24H24F3N3O3/c1-17-21(16-32-20-8-3-2-4-9-20)22(28-33-17)23(31)30-12-10-29(11-13-30)15-18-6-5-7-19(14-18)24(25,26)27/h2-9,14H,10-13,15-16H2,1H3. The molecule has 0 aliphatic carbocycles. The van der Waals surface area contributed by atoms with E-state index in [9.17, 15) is 18.0 Å². The van der Waals surface area contributed by atoms with E-state index < -0.39 is 11.7 Å². The second-order valence-electron chi connectivity index (χ2n) is 7.93. The van der Waals surface area contributed by atoms with Crippen molar-refractivity contribution in [1.82, 2.24) is 15.0 Å². The molecule has 0 saturated carbocycles. The number of amides is 1. The van der Waals surface area contributed by atoms with Crippen molar-refractivity contribution >= 4 is 5.91 Å². The van der Waals surface area contributed by atoms with Crippen molar-refractivity contribution in [1.29, 1.82) is 0 Å². The molecule has 174 valence electrons. The van der Waals surface area contributed by atoms with Gasteiger partial charge in [-0.25, -0.2) is 0 Å². The molecule has 9 heteroatoms. The first-order valence-corrected chi connectivity index (χ1v) is 10.6. The average Bonchev–Trinajstić information content (AvgIpc) is 3.18. The molecule has 0 bridgehead atoms. The summed E-state index contributed by atoms with van der Waals surface area (Å²) in [5.41, 5.74) is 0.780. The Morgan fingerprint density at radius 1 is 1.06 bits per heavy atom. The zero-order valence-corrected chi connectivity index (χ0v) is 18.1. The summed E-state index contributed by atoms with van der Waals surface area (Å²) in [6.07, 6.45) is -4.36. The lowest BCUT2D eigenvalue weighted by atomic mass is 10.1. The number of halogens is 3. The molecule has 0 unspecified atom stereocenters. The zero-order valence-electron chi connectivity index (χ0n) is 18.1. The third-order valence-electron chi connectivity index (χ3n) is 5.63. The van der Waals surface area contributed by atoms with Crippen molar-refractivity contribution < 1.29 is 27.2 Å².